The number of unbranched alkanes of at least 4 members (excludes halogenated alkanes) is 8. The van der Waals surface area contributed by atoms with Crippen LogP contribution in [0.2, 0.25) is 0 Å². The third-order valence-electron chi connectivity index (χ3n) is 3.31. The highest BCUT2D eigenvalue weighted by atomic mass is 32.1. The third-order valence-corrected chi connectivity index (χ3v) is 3.75. The Morgan fingerprint density at radius 1 is 1.05 bits per heavy atom. The van der Waals surface area contributed by atoms with Crippen molar-refractivity contribution in [2.24, 2.45) is 0 Å². The van der Waals surface area contributed by atoms with E-state index in [1.54, 1.807) is 0 Å². The van der Waals surface area contributed by atoms with Gasteiger partial charge in [0.05, 0.1) is 12.6 Å². The molecule has 0 heterocycles. The van der Waals surface area contributed by atoms with Crippen molar-refractivity contribution in [3.8, 4) is 0 Å². The minimum atomic E-state index is -0.200. The summed E-state index contributed by atoms with van der Waals surface area (Å²) in [7, 11) is 0. The van der Waals surface area contributed by atoms with E-state index in [-0.39, 0.29) is 18.6 Å². The number of rotatable bonds is 13. The molecular weight excluding hydrogens is 258 g/mol. The summed E-state index contributed by atoms with van der Waals surface area (Å²) in [6, 6.07) is -0.200. The van der Waals surface area contributed by atoms with Gasteiger partial charge in [0.25, 0.3) is 0 Å². The normalized spacial score (nSPS) is 12.4. The molecule has 3 nitrogen and oxygen atoms in total. The van der Waals surface area contributed by atoms with E-state index >= 15 is 0 Å². The molecule has 4 heteroatoms. The summed E-state index contributed by atoms with van der Waals surface area (Å²) < 4.78 is 0. The third kappa shape index (κ3) is 12.6. The minimum Gasteiger partial charge on any atom is -0.394 e. The Balaban J connectivity index is 3.27. The quantitative estimate of drug-likeness (QED) is 0.360. The van der Waals surface area contributed by atoms with Crippen molar-refractivity contribution in [3.63, 3.8) is 0 Å². The van der Waals surface area contributed by atoms with Crippen LogP contribution in [0.15, 0.2) is 0 Å². The molecule has 2 N–H and O–H groups in total. The van der Waals surface area contributed by atoms with Crippen LogP contribution in [0.5, 0.6) is 0 Å². The molecule has 0 fully saturated rings. The Morgan fingerprint density at radius 3 is 2.05 bits per heavy atom. The monoisotopic (exact) mass is 289 g/mol. The van der Waals surface area contributed by atoms with E-state index < -0.39 is 0 Å². The molecule has 0 radical (unpaired) electrons. The van der Waals surface area contributed by atoms with Gasteiger partial charge in [0, 0.05) is 12.2 Å². The Morgan fingerprint density at radius 2 is 1.58 bits per heavy atom. The topological polar surface area (TPSA) is 49.3 Å². The molecule has 1 amide bonds. The molecule has 1 atom stereocenters. The smallest absolute Gasteiger partial charge is 0.220 e. The Labute approximate surface area is 124 Å². The maximum atomic E-state index is 11.5. The van der Waals surface area contributed by atoms with Crippen molar-refractivity contribution < 1.29 is 9.90 Å². The number of carbonyl (C=O) groups excluding carboxylic acids is 1. The van der Waals surface area contributed by atoms with E-state index in [1.165, 1.54) is 44.9 Å². The maximum Gasteiger partial charge on any atom is 0.220 e. The van der Waals surface area contributed by atoms with Gasteiger partial charge in [-0.3, -0.25) is 4.79 Å². The second-order valence-electron chi connectivity index (χ2n) is 5.21. The van der Waals surface area contributed by atoms with E-state index in [2.05, 4.69) is 24.9 Å². The Hall–Kier alpha value is -0.220. The van der Waals surface area contributed by atoms with Gasteiger partial charge >= 0.3 is 0 Å². The molecule has 0 bridgehead atoms. The molecule has 0 aliphatic rings. The summed E-state index contributed by atoms with van der Waals surface area (Å²) >= 11 is 4.07. The predicted molar refractivity (Wildman–Crippen MR) is 84.7 cm³/mol. The van der Waals surface area contributed by atoms with Crippen LogP contribution in [0.3, 0.4) is 0 Å². The lowest BCUT2D eigenvalue weighted by Crippen LogP contribution is -2.38. The molecule has 0 saturated carbocycles. The second-order valence-corrected chi connectivity index (χ2v) is 5.57. The van der Waals surface area contributed by atoms with Gasteiger partial charge < -0.3 is 10.4 Å². The Bertz CT molecular complexity index is 208. The lowest BCUT2D eigenvalue weighted by atomic mass is 10.1. The zero-order chi connectivity index (χ0) is 14.3. The van der Waals surface area contributed by atoms with Gasteiger partial charge in [-0.25, -0.2) is 0 Å². The molecule has 19 heavy (non-hydrogen) atoms. The number of amides is 1. The fourth-order valence-electron chi connectivity index (χ4n) is 2.05. The first-order chi connectivity index (χ1) is 9.24. The van der Waals surface area contributed by atoms with Gasteiger partial charge in [0.2, 0.25) is 5.91 Å². The molecule has 0 rings (SSSR count). The summed E-state index contributed by atoms with van der Waals surface area (Å²) in [5, 5.41) is 11.7. The summed E-state index contributed by atoms with van der Waals surface area (Å²) in [5.41, 5.74) is 0. The van der Waals surface area contributed by atoms with Gasteiger partial charge in [0.15, 0.2) is 0 Å². The SMILES string of the molecule is CCCCCCCCCCCC(=O)NC(CO)CS. The summed E-state index contributed by atoms with van der Waals surface area (Å²) in [5.74, 6) is 0.524. The zero-order valence-electron chi connectivity index (χ0n) is 12.4. The molecule has 0 aromatic carbocycles. The first-order valence-electron chi connectivity index (χ1n) is 7.75. The van der Waals surface area contributed by atoms with Crippen molar-refractivity contribution in [1.29, 1.82) is 0 Å². The Kier molecular flexibility index (Phi) is 14.0. The van der Waals surface area contributed by atoms with Crippen molar-refractivity contribution in [1.82, 2.24) is 5.32 Å². The summed E-state index contributed by atoms with van der Waals surface area (Å²) in [6.45, 7) is 2.20. The highest BCUT2D eigenvalue weighted by Crippen LogP contribution is 2.10. The van der Waals surface area contributed by atoms with Crippen molar-refractivity contribution in [2.75, 3.05) is 12.4 Å². The van der Waals surface area contributed by atoms with E-state index in [0.29, 0.717) is 12.2 Å². The van der Waals surface area contributed by atoms with Crippen LogP contribution in [0.1, 0.15) is 71.1 Å². The lowest BCUT2D eigenvalue weighted by Gasteiger charge is -2.13. The van der Waals surface area contributed by atoms with Crippen molar-refractivity contribution in [3.05, 3.63) is 0 Å². The molecule has 0 spiro atoms. The van der Waals surface area contributed by atoms with Crippen LogP contribution in [-0.4, -0.2) is 29.4 Å². The van der Waals surface area contributed by atoms with E-state index in [0.717, 1.165) is 12.8 Å². The highest BCUT2D eigenvalue weighted by molar-refractivity contribution is 7.80. The van der Waals surface area contributed by atoms with Crippen LogP contribution >= 0.6 is 12.6 Å². The minimum absolute atomic E-state index is 0.0347. The fourth-order valence-corrected chi connectivity index (χ4v) is 2.25. The van der Waals surface area contributed by atoms with E-state index in [4.69, 9.17) is 5.11 Å². The van der Waals surface area contributed by atoms with Crippen LogP contribution in [0.4, 0.5) is 0 Å². The number of aliphatic hydroxyl groups is 1. The van der Waals surface area contributed by atoms with Crippen molar-refractivity contribution in [2.45, 2.75) is 77.2 Å². The largest absolute Gasteiger partial charge is 0.394 e. The molecule has 0 aliphatic carbocycles. The first-order valence-corrected chi connectivity index (χ1v) is 8.38. The summed E-state index contributed by atoms with van der Waals surface area (Å²) in [6.07, 6.45) is 11.9. The molecule has 0 aliphatic heterocycles. The standard InChI is InChI=1S/C15H31NO2S/c1-2-3-4-5-6-7-8-9-10-11-15(18)16-14(12-17)13-19/h14,17,19H,2-13H2,1H3,(H,16,18). The zero-order valence-corrected chi connectivity index (χ0v) is 13.3. The number of carbonyl (C=O) groups is 1. The highest BCUT2D eigenvalue weighted by Gasteiger charge is 2.08. The molecule has 1 unspecified atom stereocenters. The molecule has 114 valence electrons. The van der Waals surface area contributed by atoms with Gasteiger partial charge in [-0.05, 0) is 6.42 Å². The van der Waals surface area contributed by atoms with Crippen molar-refractivity contribution >= 4 is 18.5 Å². The fraction of sp³-hybridized carbons (Fsp3) is 0.933. The van der Waals surface area contributed by atoms with Crippen LogP contribution in [0.25, 0.3) is 0 Å². The number of aliphatic hydroxyl groups excluding tert-OH is 1. The van der Waals surface area contributed by atoms with Gasteiger partial charge in [-0.1, -0.05) is 58.3 Å². The van der Waals surface area contributed by atoms with Gasteiger partial charge in [-0.2, -0.15) is 12.6 Å². The first kappa shape index (κ1) is 18.8. The van der Waals surface area contributed by atoms with Crippen LogP contribution in [-0.2, 0) is 4.79 Å². The molecule has 0 aromatic rings. The molecule has 0 saturated heterocycles. The second kappa shape index (κ2) is 14.2. The van der Waals surface area contributed by atoms with Gasteiger partial charge in [-0.15, -0.1) is 0 Å². The van der Waals surface area contributed by atoms with Crippen LogP contribution < -0.4 is 5.32 Å². The van der Waals surface area contributed by atoms with E-state index in [9.17, 15) is 4.79 Å². The maximum absolute atomic E-state index is 11.5. The number of thiol groups is 1. The number of nitrogens with one attached hydrogen (secondary N) is 1. The molecular formula is C15H31NO2S. The van der Waals surface area contributed by atoms with E-state index in [1.807, 2.05) is 0 Å². The number of hydrogen-bond donors (Lipinski definition) is 3. The van der Waals surface area contributed by atoms with Crippen LogP contribution in [0, 0.1) is 0 Å². The lowest BCUT2D eigenvalue weighted by molar-refractivity contribution is -0.122. The predicted octanol–water partition coefficient (Wildman–Crippen LogP) is 3.31. The number of hydrogen-bond acceptors (Lipinski definition) is 3. The average Bonchev–Trinajstić information content (AvgIpc) is 2.43. The summed E-state index contributed by atoms with van der Waals surface area (Å²) in [4.78, 5) is 11.5. The molecule has 0 aromatic heterocycles. The van der Waals surface area contributed by atoms with Gasteiger partial charge in [0.1, 0.15) is 0 Å². The average molecular weight is 289 g/mol.